The normalized spacial score (nSPS) is 18.3. The standard InChI is InChI=1S/C27H33F3N4O4/c1-14(16-8-17(10-18(31)9-16)27(29,30)26(3,4)35)32-25-19-11-24(38-7-6-37-22-12-20(22)28)23(36-5)13-21(19)33-15(2)34-25/h8-11,13-14,20,22,35H,6-7,12,31H2,1-5H3,(H,32,33,34)/t14-,20?,22-/m1/s1. The average molecular weight is 535 g/mol. The van der Waals surface area contributed by atoms with Crippen molar-refractivity contribution in [2.75, 3.05) is 31.4 Å². The van der Waals surface area contributed by atoms with Gasteiger partial charge >= 0.3 is 5.92 Å². The Labute approximate surface area is 219 Å². The molecule has 3 atom stereocenters. The molecule has 8 nitrogen and oxygen atoms in total. The summed E-state index contributed by atoms with van der Waals surface area (Å²) in [5, 5.41) is 13.9. The summed E-state index contributed by atoms with van der Waals surface area (Å²) in [6.45, 7) is 6.05. The first-order valence-electron chi connectivity index (χ1n) is 12.3. The lowest BCUT2D eigenvalue weighted by molar-refractivity contribution is -0.168. The zero-order chi connectivity index (χ0) is 27.8. The highest BCUT2D eigenvalue weighted by molar-refractivity contribution is 5.92. The minimum Gasteiger partial charge on any atom is -0.493 e. The molecule has 1 aliphatic rings. The molecule has 1 aromatic heterocycles. The van der Waals surface area contributed by atoms with Gasteiger partial charge in [-0.05, 0) is 57.5 Å². The Kier molecular flexibility index (Phi) is 7.62. The highest BCUT2D eigenvalue weighted by atomic mass is 19.3. The Hall–Kier alpha value is -3.31. The van der Waals surface area contributed by atoms with Gasteiger partial charge in [-0.2, -0.15) is 8.78 Å². The fraction of sp³-hybridized carbons (Fsp3) is 0.481. The monoisotopic (exact) mass is 534 g/mol. The van der Waals surface area contributed by atoms with Crippen molar-refractivity contribution in [3.05, 3.63) is 47.3 Å². The minimum absolute atomic E-state index is 0.145. The van der Waals surface area contributed by atoms with Gasteiger partial charge < -0.3 is 30.4 Å². The number of fused-ring (bicyclic) bond motifs is 1. The van der Waals surface area contributed by atoms with Crippen LogP contribution in [0.4, 0.5) is 24.7 Å². The lowest BCUT2D eigenvalue weighted by atomic mass is 9.91. The van der Waals surface area contributed by atoms with E-state index >= 15 is 0 Å². The van der Waals surface area contributed by atoms with Gasteiger partial charge in [-0.25, -0.2) is 14.4 Å². The van der Waals surface area contributed by atoms with E-state index < -0.39 is 23.7 Å². The van der Waals surface area contributed by atoms with Crippen molar-refractivity contribution in [2.45, 2.75) is 64.0 Å². The molecule has 0 radical (unpaired) electrons. The predicted octanol–water partition coefficient (Wildman–Crippen LogP) is 5.07. The molecular weight excluding hydrogens is 501 g/mol. The Balaban J connectivity index is 1.62. The minimum atomic E-state index is -3.52. The maximum atomic E-state index is 14.9. The van der Waals surface area contributed by atoms with E-state index in [0.717, 1.165) is 19.9 Å². The number of aryl methyl sites for hydroxylation is 1. The number of nitrogens with one attached hydrogen (secondary N) is 1. The highest BCUT2D eigenvalue weighted by Crippen LogP contribution is 2.41. The number of nitrogens with two attached hydrogens (primary N) is 1. The second kappa shape index (κ2) is 10.5. The molecule has 3 aromatic rings. The summed E-state index contributed by atoms with van der Waals surface area (Å²) in [4.78, 5) is 9.02. The van der Waals surface area contributed by atoms with Gasteiger partial charge in [-0.3, -0.25) is 0 Å². The lowest BCUT2D eigenvalue weighted by Gasteiger charge is -2.30. The highest BCUT2D eigenvalue weighted by Gasteiger charge is 2.47. The average Bonchev–Trinajstić information content (AvgIpc) is 3.54. The molecule has 0 amide bonds. The van der Waals surface area contributed by atoms with Crippen molar-refractivity contribution in [2.24, 2.45) is 0 Å². The van der Waals surface area contributed by atoms with Crippen LogP contribution < -0.4 is 20.5 Å². The molecule has 0 bridgehead atoms. The van der Waals surface area contributed by atoms with Crippen LogP contribution in [-0.2, 0) is 10.7 Å². The van der Waals surface area contributed by atoms with Gasteiger partial charge in [-0.15, -0.1) is 0 Å². The number of hydrogen-bond acceptors (Lipinski definition) is 8. The summed E-state index contributed by atoms with van der Waals surface area (Å²) in [5.41, 5.74) is 4.52. The van der Waals surface area contributed by atoms with E-state index in [9.17, 15) is 18.3 Å². The number of aliphatic hydroxyl groups is 1. The molecule has 38 heavy (non-hydrogen) atoms. The van der Waals surface area contributed by atoms with Crippen LogP contribution >= 0.6 is 0 Å². The molecule has 2 aromatic carbocycles. The summed E-state index contributed by atoms with van der Waals surface area (Å²) in [5.74, 6) is -1.69. The smallest absolute Gasteiger partial charge is 0.300 e. The maximum Gasteiger partial charge on any atom is 0.300 e. The number of anilines is 2. The predicted molar refractivity (Wildman–Crippen MR) is 139 cm³/mol. The molecule has 1 fully saturated rings. The molecule has 0 aliphatic heterocycles. The van der Waals surface area contributed by atoms with Crippen LogP contribution in [0, 0.1) is 6.92 Å². The third kappa shape index (κ3) is 5.88. The third-order valence-corrected chi connectivity index (χ3v) is 6.39. The van der Waals surface area contributed by atoms with Crippen molar-refractivity contribution >= 4 is 22.4 Å². The van der Waals surface area contributed by atoms with E-state index in [0.29, 0.717) is 46.0 Å². The number of ether oxygens (including phenoxy) is 3. The SMILES string of the molecule is COc1cc2nc(C)nc(N[C@H](C)c3cc(N)cc(C(F)(F)C(C)(C)O)c3)c2cc1OCCO[C@@H]1CC1F. The zero-order valence-electron chi connectivity index (χ0n) is 22.0. The zero-order valence-corrected chi connectivity index (χ0v) is 22.0. The fourth-order valence-electron chi connectivity index (χ4n) is 4.05. The van der Waals surface area contributed by atoms with Crippen LogP contribution in [-0.4, -0.2) is 53.3 Å². The Morgan fingerprint density at radius 1 is 1.13 bits per heavy atom. The van der Waals surface area contributed by atoms with Gasteiger partial charge in [0.25, 0.3) is 0 Å². The number of nitrogens with zero attached hydrogens (tertiary/aromatic N) is 2. The van der Waals surface area contributed by atoms with E-state index in [1.54, 1.807) is 32.0 Å². The molecule has 0 spiro atoms. The molecule has 1 heterocycles. The van der Waals surface area contributed by atoms with E-state index in [4.69, 9.17) is 19.9 Å². The van der Waals surface area contributed by atoms with E-state index in [1.165, 1.54) is 13.2 Å². The van der Waals surface area contributed by atoms with Gasteiger partial charge in [0.05, 0.1) is 31.4 Å². The fourth-order valence-corrected chi connectivity index (χ4v) is 4.05. The lowest BCUT2D eigenvalue weighted by Crippen LogP contribution is -2.40. The molecule has 0 saturated heterocycles. The Morgan fingerprint density at radius 3 is 2.47 bits per heavy atom. The number of aromatic nitrogens is 2. The number of rotatable bonds is 11. The maximum absolute atomic E-state index is 14.9. The van der Waals surface area contributed by atoms with Crippen molar-refractivity contribution < 1.29 is 32.5 Å². The first-order chi connectivity index (χ1) is 17.8. The summed E-state index contributed by atoms with van der Waals surface area (Å²) in [6, 6.07) is 7.04. The Morgan fingerprint density at radius 2 is 1.84 bits per heavy atom. The van der Waals surface area contributed by atoms with Gasteiger partial charge in [0.1, 0.15) is 30.0 Å². The molecule has 11 heteroatoms. The van der Waals surface area contributed by atoms with Crippen LogP contribution in [0.2, 0.25) is 0 Å². The molecule has 1 unspecified atom stereocenters. The van der Waals surface area contributed by atoms with Gasteiger partial charge in [0.2, 0.25) is 0 Å². The largest absolute Gasteiger partial charge is 0.493 e. The summed E-state index contributed by atoms with van der Waals surface area (Å²) < 4.78 is 59.5. The first kappa shape index (κ1) is 27.7. The third-order valence-electron chi connectivity index (χ3n) is 6.39. The Bertz CT molecular complexity index is 1320. The number of nitrogen functional groups attached to an aromatic ring is 1. The van der Waals surface area contributed by atoms with Crippen molar-refractivity contribution in [1.29, 1.82) is 0 Å². The van der Waals surface area contributed by atoms with Crippen molar-refractivity contribution in [1.82, 2.24) is 9.97 Å². The van der Waals surface area contributed by atoms with Crippen molar-refractivity contribution in [3.63, 3.8) is 0 Å². The van der Waals surface area contributed by atoms with Crippen LogP contribution in [0.5, 0.6) is 11.5 Å². The molecular formula is C27H33F3N4O4. The molecule has 1 aliphatic carbocycles. The number of methoxy groups -OCH3 is 1. The number of benzene rings is 2. The first-order valence-corrected chi connectivity index (χ1v) is 12.3. The van der Waals surface area contributed by atoms with Crippen LogP contribution in [0.25, 0.3) is 10.9 Å². The van der Waals surface area contributed by atoms with E-state index in [2.05, 4.69) is 15.3 Å². The second-order valence-electron chi connectivity index (χ2n) is 10.0. The molecule has 4 rings (SSSR count). The number of hydrogen-bond donors (Lipinski definition) is 3. The van der Waals surface area contributed by atoms with Crippen LogP contribution in [0.3, 0.4) is 0 Å². The summed E-state index contributed by atoms with van der Waals surface area (Å²) in [6.07, 6.45) is -0.854. The van der Waals surface area contributed by atoms with Gasteiger partial charge in [0, 0.05) is 29.1 Å². The van der Waals surface area contributed by atoms with Crippen LogP contribution in [0.1, 0.15) is 50.2 Å². The summed E-state index contributed by atoms with van der Waals surface area (Å²) >= 11 is 0. The molecule has 206 valence electrons. The topological polar surface area (TPSA) is 112 Å². The van der Waals surface area contributed by atoms with Crippen LogP contribution in [0.15, 0.2) is 30.3 Å². The van der Waals surface area contributed by atoms with Crippen molar-refractivity contribution in [3.8, 4) is 11.5 Å². The number of halogens is 3. The van der Waals surface area contributed by atoms with E-state index in [-0.39, 0.29) is 30.6 Å². The molecule has 4 N–H and O–H groups in total. The quantitative estimate of drug-likeness (QED) is 0.231. The summed E-state index contributed by atoms with van der Waals surface area (Å²) in [7, 11) is 1.51. The van der Waals surface area contributed by atoms with E-state index in [1.807, 2.05) is 0 Å². The van der Waals surface area contributed by atoms with Gasteiger partial charge in [0.15, 0.2) is 11.5 Å². The number of alkyl halides is 3. The van der Waals surface area contributed by atoms with Gasteiger partial charge in [-0.1, -0.05) is 0 Å². The molecule has 1 saturated carbocycles. The second-order valence-corrected chi connectivity index (χ2v) is 10.0.